The van der Waals surface area contributed by atoms with Gasteiger partial charge in [-0.05, 0) is 102 Å². The van der Waals surface area contributed by atoms with E-state index in [1.54, 1.807) is 100 Å². The number of rotatable bonds is 18. The highest BCUT2D eigenvalue weighted by Crippen LogP contribution is 2.22. The normalized spacial score (nSPS) is 24.5. The fourth-order valence-electron chi connectivity index (χ4n) is 12.4. The molecule has 2 aromatic carbocycles. The van der Waals surface area contributed by atoms with Crippen LogP contribution >= 0.6 is 0 Å². The Morgan fingerprint density at radius 1 is 0.525 bits per heavy atom. The third-order valence-corrected chi connectivity index (χ3v) is 18.5. The number of likely N-dealkylation sites (N-methyl/N-ethyl adjacent to an activating group) is 6. The van der Waals surface area contributed by atoms with Gasteiger partial charge in [0.05, 0.1) is 37.8 Å². The smallest absolute Gasteiger partial charge is 0.248 e. The van der Waals surface area contributed by atoms with Crippen molar-refractivity contribution < 1.29 is 67.4 Å². The number of nitrogens with one attached hydrogen (secondary N) is 4. The molecule has 0 aromatic heterocycles. The SMILES string of the molecule is CCCCCN1CC(=O)N(C)[C@@H](Cc2ccccc2)C(=O)N[C@@H](CC(C)C)C(=O)N(C)[C@@H](CC)C(=O)N[C@@H]([C@@H](C)O)C(=O)N(C)CC(=O)N(C)[C@@H](Cc2ccccc2)C(=O)N(C)[C@@H](CC)C(=O)N[C@@H](COC(C)(C)C)C(=O)N(C)[C@@H](CC(C)C)C(=O)N[C@H](C(=O)N2CCCCC2)CC1=O. The van der Waals surface area contributed by atoms with Crippen LogP contribution in [-0.4, -0.2) is 263 Å². The summed E-state index contributed by atoms with van der Waals surface area (Å²) in [6.45, 7) is 18.4. The zero-order valence-electron chi connectivity index (χ0n) is 62.0. The molecular formula is C73H116N12O14. The molecule has 0 unspecified atom stereocenters. The number of unbranched alkanes of at least 4 members (excludes halogenated alkanes) is 2. The molecule has 99 heavy (non-hydrogen) atoms. The Balaban J connectivity index is 1.96. The van der Waals surface area contributed by atoms with Crippen molar-refractivity contribution in [2.24, 2.45) is 11.8 Å². The van der Waals surface area contributed by atoms with E-state index in [1.165, 1.54) is 68.8 Å². The molecular weight excluding hydrogens is 1270 g/mol. The maximum Gasteiger partial charge on any atom is 0.248 e. The van der Waals surface area contributed by atoms with Crippen LogP contribution in [0.15, 0.2) is 60.7 Å². The number of piperidine rings is 1. The van der Waals surface area contributed by atoms with Gasteiger partial charge in [0.15, 0.2) is 0 Å². The van der Waals surface area contributed by atoms with Gasteiger partial charge in [-0.25, -0.2) is 0 Å². The van der Waals surface area contributed by atoms with Crippen molar-refractivity contribution in [2.45, 2.75) is 226 Å². The van der Waals surface area contributed by atoms with Crippen LogP contribution in [0.3, 0.4) is 0 Å². The number of benzene rings is 2. The quantitative estimate of drug-likeness (QED) is 0.133. The van der Waals surface area contributed by atoms with Crippen LogP contribution in [0, 0.1) is 11.8 Å². The maximum absolute atomic E-state index is 15.2. The molecule has 10 atom stereocenters. The van der Waals surface area contributed by atoms with E-state index in [2.05, 4.69) is 21.3 Å². The summed E-state index contributed by atoms with van der Waals surface area (Å²) >= 11 is 0. The molecule has 4 rings (SSSR count). The van der Waals surface area contributed by atoms with E-state index >= 15 is 24.0 Å². The molecule has 0 saturated carbocycles. The number of hydrogen-bond donors (Lipinski definition) is 5. The zero-order valence-corrected chi connectivity index (χ0v) is 62.0. The molecule has 2 fully saturated rings. The molecule has 552 valence electrons. The Morgan fingerprint density at radius 3 is 1.51 bits per heavy atom. The molecule has 0 bridgehead atoms. The van der Waals surface area contributed by atoms with Gasteiger partial charge in [-0.2, -0.15) is 0 Å². The summed E-state index contributed by atoms with van der Waals surface area (Å²) in [6.07, 6.45) is 2.05. The third kappa shape index (κ3) is 25.0. The topological polar surface area (TPSA) is 308 Å². The van der Waals surface area contributed by atoms with E-state index in [4.69, 9.17) is 4.74 Å². The monoisotopic (exact) mass is 1380 g/mol. The molecule has 5 N–H and O–H groups in total. The first-order chi connectivity index (χ1) is 46.6. The van der Waals surface area contributed by atoms with Gasteiger partial charge >= 0.3 is 0 Å². The lowest BCUT2D eigenvalue weighted by Gasteiger charge is -2.37. The average molecular weight is 1390 g/mol. The van der Waals surface area contributed by atoms with Gasteiger partial charge in [0, 0.05) is 74.8 Å². The maximum atomic E-state index is 15.2. The number of aliphatic hydroxyl groups is 1. The Bertz CT molecular complexity index is 3030. The summed E-state index contributed by atoms with van der Waals surface area (Å²) in [6, 6.07) is 5.46. The summed E-state index contributed by atoms with van der Waals surface area (Å²) in [5, 5.41) is 22.4. The van der Waals surface area contributed by atoms with Gasteiger partial charge in [0.25, 0.3) is 0 Å². The number of carbonyl (C=O) groups excluding carboxylic acids is 12. The van der Waals surface area contributed by atoms with Gasteiger partial charge < -0.3 is 70.3 Å². The molecule has 2 saturated heterocycles. The highest BCUT2D eigenvalue weighted by atomic mass is 16.5. The van der Waals surface area contributed by atoms with Gasteiger partial charge in [-0.1, -0.05) is 122 Å². The van der Waals surface area contributed by atoms with Crippen LogP contribution in [0.4, 0.5) is 0 Å². The van der Waals surface area contributed by atoms with Gasteiger partial charge in [0.2, 0.25) is 70.9 Å². The van der Waals surface area contributed by atoms with Crippen molar-refractivity contribution in [1.29, 1.82) is 0 Å². The number of carbonyl (C=O) groups is 12. The number of hydrogen-bond acceptors (Lipinski definition) is 14. The molecule has 2 aromatic rings. The predicted octanol–water partition coefficient (Wildman–Crippen LogP) is 3.55. The fourth-order valence-corrected chi connectivity index (χ4v) is 12.4. The number of aliphatic hydroxyl groups excluding tert-OH is 1. The number of amides is 12. The largest absolute Gasteiger partial charge is 0.391 e. The summed E-state index contributed by atoms with van der Waals surface area (Å²) < 4.78 is 6.17. The van der Waals surface area contributed by atoms with E-state index < -0.39 is 156 Å². The van der Waals surface area contributed by atoms with Crippen molar-refractivity contribution in [3.63, 3.8) is 0 Å². The molecule has 2 aliphatic rings. The van der Waals surface area contributed by atoms with Crippen LogP contribution in [0.1, 0.15) is 158 Å². The van der Waals surface area contributed by atoms with E-state index in [0.29, 0.717) is 49.9 Å². The van der Waals surface area contributed by atoms with Crippen LogP contribution in [0.25, 0.3) is 0 Å². The second kappa shape index (κ2) is 39.7. The number of likely N-dealkylation sites (tertiary alicyclic amines) is 1. The fraction of sp³-hybridized carbons (Fsp3) is 0.671. The summed E-state index contributed by atoms with van der Waals surface area (Å²) in [5.74, 6) is -9.10. The summed E-state index contributed by atoms with van der Waals surface area (Å²) in [7, 11) is 8.28. The first-order valence-corrected chi connectivity index (χ1v) is 35.3. The van der Waals surface area contributed by atoms with E-state index in [0.717, 1.165) is 27.5 Å². The number of ether oxygens (including phenoxy) is 1. The van der Waals surface area contributed by atoms with Gasteiger partial charge in [0.1, 0.15) is 54.4 Å². The molecule has 0 spiro atoms. The number of nitrogens with zero attached hydrogens (tertiary/aromatic N) is 8. The Labute approximate surface area is 587 Å². The lowest BCUT2D eigenvalue weighted by molar-refractivity contribution is -0.151. The first kappa shape index (κ1) is 83.4. The first-order valence-electron chi connectivity index (χ1n) is 35.3. The lowest BCUT2D eigenvalue weighted by Crippen LogP contribution is -2.61. The van der Waals surface area contributed by atoms with Crippen LogP contribution in [0.2, 0.25) is 0 Å². The zero-order chi connectivity index (χ0) is 74.2. The molecule has 0 radical (unpaired) electrons. The molecule has 2 aliphatic heterocycles. The Hall–Kier alpha value is -8.00. The van der Waals surface area contributed by atoms with Crippen molar-refractivity contribution in [1.82, 2.24) is 60.5 Å². The second-order valence-electron chi connectivity index (χ2n) is 28.5. The third-order valence-electron chi connectivity index (χ3n) is 18.5. The minimum atomic E-state index is -1.65. The highest BCUT2D eigenvalue weighted by Gasteiger charge is 2.43. The molecule has 26 nitrogen and oxygen atoms in total. The van der Waals surface area contributed by atoms with Crippen LogP contribution in [-0.2, 0) is 75.1 Å². The van der Waals surface area contributed by atoms with Crippen molar-refractivity contribution in [3.05, 3.63) is 71.8 Å². The Kier molecular flexibility index (Phi) is 33.5. The van der Waals surface area contributed by atoms with Gasteiger partial charge in [-0.15, -0.1) is 0 Å². The highest BCUT2D eigenvalue weighted by molar-refractivity contribution is 6.00. The minimum Gasteiger partial charge on any atom is -0.391 e. The van der Waals surface area contributed by atoms with E-state index in [-0.39, 0.29) is 63.5 Å². The van der Waals surface area contributed by atoms with Crippen LogP contribution in [0.5, 0.6) is 0 Å². The van der Waals surface area contributed by atoms with Crippen molar-refractivity contribution in [2.75, 3.05) is 81.6 Å². The van der Waals surface area contributed by atoms with Crippen LogP contribution < -0.4 is 21.3 Å². The molecule has 0 aliphatic carbocycles. The van der Waals surface area contributed by atoms with E-state index in [9.17, 15) is 38.7 Å². The molecule has 2 heterocycles. The lowest BCUT2D eigenvalue weighted by atomic mass is 9.99. The van der Waals surface area contributed by atoms with Crippen molar-refractivity contribution >= 4 is 70.9 Å². The standard InChI is InChI=1S/C73H116N12O14/c1-18-21-29-38-85-45-62(89)79(13)58(41-50-32-25-22-26-33-50)67(93)74-52(39-47(4)5)68(94)81(15)56(20-3)65(91)77-63(49(8)86)72(98)78(12)44-61(88)80(14)59(42-51-34-27-23-28-35-51)71(97)82(16)55(19-2)64(90)76-54(46-99-73(9,10)11)69(95)83(17)57(40-48(6)7)66(92)75-53(43-60(85)87)70(96)84-36-30-24-31-37-84/h22-23,25-28,32-35,47-49,52-59,63,86H,18-21,24,29-31,36-46H2,1-17H3,(H,74,93)(H,75,92)(H,76,90)(H,77,91)/t49-,52+,53+,54+,55+,56+,57+,58+,59+,63+/m1/s1. The van der Waals surface area contributed by atoms with Gasteiger partial charge in [-0.3, -0.25) is 57.5 Å². The summed E-state index contributed by atoms with van der Waals surface area (Å²) in [5.41, 5.74) is 0.457. The minimum absolute atomic E-state index is 0.00326. The van der Waals surface area contributed by atoms with Crippen molar-refractivity contribution in [3.8, 4) is 0 Å². The summed E-state index contributed by atoms with van der Waals surface area (Å²) in [4.78, 5) is 189. The Morgan fingerprint density at radius 2 is 0.990 bits per heavy atom. The predicted molar refractivity (Wildman–Crippen MR) is 376 cm³/mol. The van der Waals surface area contributed by atoms with E-state index in [1.807, 2.05) is 34.6 Å². The second-order valence-corrected chi connectivity index (χ2v) is 28.5. The average Bonchev–Trinajstić information content (AvgIpc) is 0.833. The molecule has 26 heteroatoms. The molecule has 12 amide bonds.